The fraction of sp³-hybridized carbons (Fsp3) is 0.421. The number of aliphatic hydroxyl groups excluding tert-OH is 1. The Bertz CT molecular complexity index is 867. The van der Waals surface area contributed by atoms with Gasteiger partial charge in [-0.05, 0) is 37.8 Å². The molecule has 0 bridgehead atoms. The Morgan fingerprint density at radius 1 is 1.21 bits per heavy atom. The molecule has 0 radical (unpaired) electrons. The van der Waals surface area contributed by atoms with Crippen molar-refractivity contribution >= 4 is 11.0 Å². The molecule has 0 aliphatic carbocycles. The van der Waals surface area contributed by atoms with E-state index in [1.54, 1.807) is 0 Å². The summed E-state index contributed by atoms with van der Waals surface area (Å²) in [5.41, 5.74) is 5.82. The number of nitrogens with zero attached hydrogens (tertiary/aromatic N) is 4. The molecule has 3 aromatic heterocycles. The minimum atomic E-state index is -0.0361. The van der Waals surface area contributed by atoms with Crippen molar-refractivity contribution in [3.63, 3.8) is 0 Å². The predicted molar refractivity (Wildman–Crippen MR) is 95.6 cm³/mol. The van der Waals surface area contributed by atoms with Crippen molar-refractivity contribution in [1.82, 2.24) is 19.7 Å². The highest BCUT2D eigenvalue weighted by atomic mass is 16.3. The molecule has 3 aromatic rings. The van der Waals surface area contributed by atoms with E-state index in [1.165, 1.54) is 0 Å². The van der Waals surface area contributed by atoms with Crippen LogP contribution in [0.5, 0.6) is 0 Å². The molecule has 1 N–H and O–H groups in total. The second kappa shape index (κ2) is 6.69. The van der Waals surface area contributed by atoms with Gasteiger partial charge in [-0.25, -0.2) is 9.67 Å². The summed E-state index contributed by atoms with van der Waals surface area (Å²) in [5, 5.41) is 15.5. The van der Waals surface area contributed by atoms with Crippen molar-refractivity contribution in [1.29, 1.82) is 0 Å². The molecule has 126 valence electrons. The Morgan fingerprint density at radius 2 is 2.00 bits per heavy atom. The van der Waals surface area contributed by atoms with Gasteiger partial charge in [0.15, 0.2) is 5.65 Å². The lowest BCUT2D eigenvalue weighted by Crippen LogP contribution is -2.08. The highest BCUT2D eigenvalue weighted by molar-refractivity contribution is 5.94. The zero-order valence-corrected chi connectivity index (χ0v) is 14.7. The number of rotatable bonds is 5. The molecular weight excluding hydrogens is 300 g/mol. The number of aromatic nitrogens is 4. The van der Waals surface area contributed by atoms with Gasteiger partial charge < -0.3 is 5.11 Å². The van der Waals surface area contributed by atoms with Crippen LogP contribution in [0.1, 0.15) is 37.6 Å². The van der Waals surface area contributed by atoms with Crippen LogP contribution in [0, 0.1) is 12.8 Å². The van der Waals surface area contributed by atoms with Gasteiger partial charge in [0, 0.05) is 46.7 Å². The lowest BCUT2D eigenvalue weighted by Gasteiger charge is -2.16. The third-order valence-corrected chi connectivity index (χ3v) is 4.19. The largest absolute Gasteiger partial charge is 0.392 e. The summed E-state index contributed by atoms with van der Waals surface area (Å²) in [5.74, 6) is 0.460. The summed E-state index contributed by atoms with van der Waals surface area (Å²) >= 11 is 0. The summed E-state index contributed by atoms with van der Waals surface area (Å²) in [4.78, 5) is 9.18. The number of hydrogen-bond donors (Lipinski definition) is 1. The van der Waals surface area contributed by atoms with Gasteiger partial charge in [-0.1, -0.05) is 13.8 Å². The zero-order valence-electron chi connectivity index (χ0n) is 14.7. The maximum absolute atomic E-state index is 10.1. The molecule has 0 amide bonds. The molecular formula is C19H24N4O. The molecule has 0 atom stereocenters. The van der Waals surface area contributed by atoms with Crippen LogP contribution in [0.15, 0.2) is 24.7 Å². The minimum absolute atomic E-state index is 0.0361. The van der Waals surface area contributed by atoms with Gasteiger partial charge in [-0.3, -0.25) is 4.98 Å². The summed E-state index contributed by atoms with van der Waals surface area (Å²) < 4.78 is 1.91. The zero-order chi connectivity index (χ0) is 17.3. The highest BCUT2D eigenvalue weighted by Gasteiger charge is 2.19. The van der Waals surface area contributed by atoms with Gasteiger partial charge in [0.25, 0.3) is 0 Å². The van der Waals surface area contributed by atoms with Crippen molar-refractivity contribution < 1.29 is 5.11 Å². The van der Waals surface area contributed by atoms with Gasteiger partial charge in [0.1, 0.15) is 0 Å². The SMILES string of the molecule is CCn1ncc2c(-c3cncc(C)c3)c(CO)c(CC(C)C)nc21. The van der Waals surface area contributed by atoms with Gasteiger partial charge in [-0.15, -0.1) is 0 Å². The van der Waals surface area contributed by atoms with Crippen molar-refractivity contribution in [3.8, 4) is 11.1 Å². The molecule has 3 rings (SSSR count). The molecule has 3 heterocycles. The van der Waals surface area contributed by atoms with Crippen LogP contribution >= 0.6 is 0 Å². The number of fused-ring (bicyclic) bond motifs is 1. The van der Waals surface area contributed by atoms with E-state index < -0.39 is 0 Å². The number of aliphatic hydroxyl groups is 1. The van der Waals surface area contributed by atoms with Crippen LogP contribution in [0.4, 0.5) is 0 Å². The first-order valence-electron chi connectivity index (χ1n) is 8.45. The molecule has 0 unspecified atom stereocenters. The summed E-state index contributed by atoms with van der Waals surface area (Å²) in [7, 11) is 0. The van der Waals surface area contributed by atoms with Crippen molar-refractivity contribution in [2.45, 2.75) is 47.3 Å². The fourth-order valence-electron chi connectivity index (χ4n) is 3.15. The molecule has 0 aliphatic heterocycles. The van der Waals surface area contributed by atoms with Crippen LogP contribution in [0.25, 0.3) is 22.2 Å². The van der Waals surface area contributed by atoms with Crippen LogP contribution in [0.2, 0.25) is 0 Å². The Hall–Kier alpha value is -2.27. The fourth-order valence-corrected chi connectivity index (χ4v) is 3.15. The first kappa shape index (κ1) is 16.6. The first-order chi connectivity index (χ1) is 11.5. The number of hydrogen-bond acceptors (Lipinski definition) is 4. The molecule has 24 heavy (non-hydrogen) atoms. The second-order valence-electron chi connectivity index (χ2n) is 6.62. The molecule has 5 heteroatoms. The summed E-state index contributed by atoms with van der Waals surface area (Å²) in [6, 6.07) is 2.10. The predicted octanol–water partition coefficient (Wildman–Crippen LogP) is 3.51. The lowest BCUT2D eigenvalue weighted by molar-refractivity contribution is 0.280. The van der Waals surface area contributed by atoms with Gasteiger partial charge >= 0.3 is 0 Å². The van der Waals surface area contributed by atoms with E-state index >= 15 is 0 Å². The monoisotopic (exact) mass is 324 g/mol. The normalized spacial score (nSPS) is 11.6. The number of pyridine rings is 2. The third kappa shape index (κ3) is 2.91. The molecule has 0 fully saturated rings. The quantitative estimate of drug-likeness (QED) is 0.780. The van der Waals surface area contributed by atoms with Gasteiger partial charge in [0.05, 0.1) is 12.8 Å². The van der Waals surface area contributed by atoms with E-state index in [2.05, 4.69) is 36.9 Å². The Labute approximate surface area is 142 Å². The van der Waals surface area contributed by atoms with E-state index in [0.29, 0.717) is 5.92 Å². The first-order valence-corrected chi connectivity index (χ1v) is 8.45. The average molecular weight is 324 g/mol. The Kier molecular flexibility index (Phi) is 4.62. The van der Waals surface area contributed by atoms with Crippen LogP contribution < -0.4 is 0 Å². The van der Waals surface area contributed by atoms with Crippen molar-refractivity contribution in [2.24, 2.45) is 5.92 Å². The maximum Gasteiger partial charge on any atom is 0.158 e. The molecule has 0 spiro atoms. The standard InChI is InChI=1S/C19H24N4O/c1-5-23-19-15(10-21-23)18(14-7-13(4)8-20-9-14)16(11-24)17(22-19)6-12(2)3/h7-10,12,24H,5-6,11H2,1-4H3. The van der Waals surface area contributed by atoms with E-state index in [9.17, 15) is 5.11 Å². The van der Waals surface area contributed by atoms with Gasteiger partial charge in [-0.2, -0.15) is 5.10 Å². The number of aryl methyl sites for hydroxylation is 2. The van der Waals surface area contributed by atoms with Crippen LogP contribution in [0.3, 0.4) is 0 Å². The second-order valence-corrected chi connectivity index (χ2v) is 6.62. The lowest BCUT2D eigenvalue weighted by atomic mass is 9.94. The summed E-state index contributed by atoms with van der Waals surface area (Å²) in [6.07, 6.45) is 6.36. The van der Waals surface area contributed by atoms with E-state index in [-0.39, 0.29) is 6.61 Å². The van der Waals surface area contributed by atoms with Crippen molar-refractivity contribution in [2.75, 3.05) is 0 Å². The van der Waals surface area contributed by atoms with E-state index in [1.807, 2.05) is 30.2 Å². The van der Waals surface area contributed by atoms with Crippen molar-refractivity contribution in [3.05, 3.63) is 41.5 Å². The molecule has 0 saturated carbocycles. The molecule has 0 saturated heterocycles. The maximum atomic E-state index is 10.1. The molecule has 5 nitrogen and oxygen atoms in total. The third-order valence-electron chi connectivity index (χ3n) is 4.19. The van der Waals surface area contributed by atoms with Crippen LogP contribution in [-0.4, -0.2) is 24.9 Å². The van der Waals surface area contributed by atoms with E-state index in [4.69, 9.17) is 4.98 Å². The molecule has 0 aromatic carbocycles. The Balaban J connectivity index is 2.37. The smallest absolute Gasteiger partial charge is 0.158 e. The molecule has 0 aliphatic rings. The summed E-state index contributed by atoms with van der Waals surface area (Å²) in [6.45, 7) is 9.14. The van der Waals surface area contributed by atoms with Crippen LogP contribution in [-0.2, 0) is 19.6 Å². The minimum Gasteiger partial charge on any atom is -0.392 e. The highest BCUT2D eigenvalue weighted by Crippen LogP contribution is 2.34. The Morgan fingerprint density at radius 3 is 2.62 bits per heavy atom. The van der Waals surface area contributed by atoms with E-state index in [0.717, 1.165) is 51.9 Å². The van der Waals surface area contributed by atoms with Gasteiger partial charge in [0.2, 0.25) is 0 Å². The topological polar surface area (TPSA) is 63.8 Å². The average Bonchev–Trinajstić information content (AvgIpc) is 2.95.